The number of nitrogens with one attached hydrogen (secondary N) is 1. The topological polar surface area (TPSA) is 79.3 Å². The number of carboxylic acid groups (broad SMARTS) is 1. The molecule has 0 aromatic carbocycles. The maximum absolute atomic E-state index is 12.8. The number of halogens is 1. The highest BCUT2D eigenvalue weighted by molar-refractivity contribution is 5.93. The molecule has 5 nitrogen and oxygen atoms in total. The van der Waals surface area contributed by atoms with E-state index in [4.69, 9.17) is 5.11 Å². The van der Waals surface area contributed by atoms with Gasteiger partial charge in [0.15, 0.2) is 0 Å². The van der Waals surface area contributed by atoms with E-state index in [2.05, 4.69) is 10.3 Å². The van der Waals surface area contributed by atoms with Crippen molar-refractivity contribution in [3.63, 3.8) is 0 Å². The summed E-state index contributed by atoms with van der Waals surface area (Å²) >= 11 is 0. The first-order chi connectivity index (χ1) is 8.50. The Labute approximate surface area is 104 Å². The summed E-state index contributed by atoms with van der Waals surface area (Å²) in [4.78, 5) is 25.7. The van der Waals surface area contributed by atoms with E-state index in [1.807, 2.05) is 0 Å². The molecule has 0 saturated heterocycles. The Morgan fingerprint density at radius 1 is 1.50 bits per heavy atom. The van der Waals surface area contributed by atoms with Crippen LogP contribution < -0.4 is 5.32 Å². The molecule has 0 radical (unpaired) electrons. The summed E-state index contributed by atoms with van der Waals surface area (Å²) in [6.45, 7) is 1.97. The molecule has 1 amide bonds. The van der Waals surface area contributed by atoms with Crippen molar-refractivity contribution in [3.05, 3.63) is 29.8 Å². The Hall–Kier alpha value is -1.98. The number of aromatic nitrogens is 1. The second-order valence-corrected chi connectivity index (χ2v) is 4.03. The molecule has 0 aliphatic rings. The summed E-state index contributed by atoms with van der Waals surface area (Å²) in [5, 5.41) is 11.2. The molecule has 1 atom stereocenters. The summed E-state index contributed by atoms with van der Waals surface area (Å²) in [6, 6.07) is 1.10. The number of carboxylic acids is 1. The summed E-state index contributed by atoms with van der Waals surface area (Å²) in [5.41, 5.74) is 0.154. The number of carbonyl (C=O) groups excluding carboxylic acids is 1. The van der Waals surface area contributed by atoms with Crippen LogP contribution in [0.1, 0.15) is 30.1 Å². The fourth-order valence-corrected chi connectivity index (χ4v) is 1.37. The van der Waals surface area contributed by atoms with Gasteiger partial charge in [-0.05, 0) is 18.9 Å². The maximum atomic E-state index is 12.8. The lowest BCUT2D eigenvalue weighted by Gasteiger charge is -2.07. The van der Waals surface area contributed by atoms with Crippen LogP contribution in [0.5, 0.6) is 0 Å². The molecule has 1 unspecified atom stereocenters. The molecule has 6 heteroatoms. The van der Waals surface area contributed by atoms with E-state index in [0.29, 0.717) is 19.4 Å². The van der Waals surface area contributed by atoms with Gasteiger partial charge in [-0.2, -0.15) is 0 Å². The molecule has 1 aromatic heterocycles. The number of amides is 1. The Morgan fingerprint density at radius 3 is 2.83 bits per heavy atom. The first-order valence-electron chi connectivity index (χ1n) is 5.62. The van der Waals surface area contributed by atoms with E-state index >= 15 is 0 Å². The molecular formula is C12H15FN2O3. The van der Waals surface area contributed by atoms with Gasteiger partial charge < -0.3 is 10.4 Å². The molecule has 0 bridgehead atoms. The average Bonchev–Trinajstić information content (AvgIpc) is 2.33. The van der Waals surface area contributed by atoms with Crippen LogP contribution in [0.25, 0.3) is 0 Å². The number of hydrogen-bond acceptors (Lipinski definition) is 3. The van der Waals surface area contributed by atoms with Gasteiger partial charge in [-0.15, -0.1) is 0 Å². The van der Waals surface area contributed by atoms with Crippen molar-refractivity contribution in [2.45, 2.75) is 19.8 Å². The molecule has 98 valence electrons. The van der Waals surface area contributed by atoms with Crippen molar-refractivity contribution >= 4 is 11.9 Å². The highest BCUT2D eigenvalue weighted by Gasteiger charge is 2.11. The summed E-state index contributed by atoms with van der Waals surface area (Å²) in [7, 11) is 0. The van der Waals surface area contributed by atoms with Gasteiger partial charge in [-0.25, -0.2) is 4.39 Å². The minimum atomic E-state index is -0.851. The van der Waals surface area contributed by atoms with Crippen molar-refractivity contribution in [2.75, 3.05) is 6.54 Å². The number of carbonyl (C=O) groups is 2. The van der Waals surface area contributed by atoms with Crippen LogP contribution in [-0.2, 0) is 4.79 Å². The van der Waals surface area contributed by atoms with Gasteiger partial charge in [0.25, 0.3) is 5.91 Å². The summed E-state index contributed by atoms with van der Waals surface area (Å²) < 4.78 is 12.8. The first kappa shape index (κ1) is 14.1. The minimum absolute atomic E-state index is 0.154. The van der Waals surface area contributed by atoms with Crippen LogP contribution in [-0.4, -0.2) is 28.5 Å². The third-order valence-electron chi connectivity index (χ3n) is 2.49. The van der Waals surface area contributed by atoms with Gasteiger partial charge in [0.2, 0.25) is 0 Å². The van der Waals surface area contributed by atoms with Gasteiger partial charge in [0, 0.05) is 12.7 Å². The number of aliphatic carboxylic acids is 1. The van der Waals surface area contributed by atoms with Crippen LogP contribution in [0.3, 0.4) is 0 Å². The Bertz CT molecular complexity index is 437. The largest absolute Gasteiger partial charge is 0.481 e. The van der Waals surface area contributed by atoms with Gasteiger partial charge in [-0.3, -0.25) is 14.6 Å². The van der Waals surface area contributed by atoms with Crippen molar-refractivity contribution < 1.29 is 19.1 Å². The maximum Gasteiger partial charge on any atom is 0.306 e. The molecule has 1 heterocycles. The predicted octanol–water partition coefficient (Wildman–Crippen LogP) is 1.45. The number of rotatable bonds is 6. The van der Waals surface area contributed by atoms with Gasteiger partial charge in [-0.1, -0.05) is 6.92 Å². The second-order valence-electron chi connectivity index (χ2n) is 4.03. The van der Waals surface area contributed by atoms with Crippen molar-refractivity contribution in [3.8, 4) is 0 Å². The average molecular weight is 254 g/mol. The molecule has 0 aliphatic carbocycles. The van der Waals surface area contributed by atoms with Crippen LogP contribution in [0, 0.1) is 11.7 Å². The summed E-state index contributed by atoms with van der Waals surface area (Å²) in [5.74, 6) is -2.26. The van der Waals surface area contributed by atoms with Crippen LogP contribution in [0.2, 0.25) is 0 Å². The van der Waals surface area contributed by atoms with Crippen molar-refractivity contribution in [1.29, 1.82) is 0 Å². The number of hydrogen-bond donors (Lipinski definition) is 2. The molecular weight excluding hydrogens is 239 g/mol. The first-order valence-corrected chi connectivity index (χ1v) is 5.62. The highest BCUT2D eigenvalue weighted by Crippen LogP contribution is 2.05. The van der Waals surface area contributed by atoms with E-state index < -0.39 is 23.6 Å². The van der Waals surface area contributed by atoms with Gasteiger partial charge in [0.05, 0.1) is 17.7 Å². The fourth-order valence-electron chi connectivity index (χ4n) is 1.37. The SMILES string of the molecule is CC(CCCNC(=O)c1cncc(F)c1)C(=O)O. The molecule has 0 saturated carbocycles. The molecule has 2 N–H and O–H groups in total. The zero-order chi connectivity index (χ0) is 13.5. The molecule has 18 heavy (non-hydrogen) atoms. The van der Waals surface area contributed by atoms with Gasteiger partial charge in [0.1, 0.15) is 5.82 Å². The molecule has 1 rings (SSSR count). The third-order valence-corrected chi connectivity index (χ3v) is 2.49. The van der Waals surface area contributed by atoms with Crippen molar-refractivity contribution in [1.82, 2.24) is 10.3 Å². The van der Waals surface area contributed by atoms with Crippen LogP contribution in [0.4, 0.5) is 4.39 Å². The smallest absolute Gasteiger partial charge is 0.306 e. The normalized spacial score (nSPS) is 11.9. The lowest BCUT2D eigenvalue weighted by Crippen LogP contribution is -2.25. The quantitative estimate of drug-likeness (QED) is 0.753. The van der Waals surface area contributed by atoms with Crippen LogP contribution in [0.15, 0.2) is 18.5 Å². The fraction of sp³-hybridized carbons (Fsp3) is 0.417. The van der Waals surface area contributed by atoms with E-state index in [1.165, 1.54) is 6.20 Å². The standard InChI is InChI=1S/C12H15FN2O3/c1-8(12(17)18)3-2-4-15-11(16)9-5-10(13)7-14-6-9/h5-8H,2-4H2,1H3,(H,15,16)(H,17,18). The zero-order valence-electron chi connectivity index (χ0n) is 10.0. The van der Waals surface area contributed by atoms with Gasteiger partial charge >= 0.3 is 5.97 Å². The Morgan fingerprint density at radius 2 is 2.22 bits per heavy atom. The molecule has 0 fully saturated rings. The molecule has 0 spiro atoms. The minimum Gasteiger partial charge on any atom is -0.481 e. The third kappa shape index (κ3) is 4.48. The summed E-state index contributed by atoms with van der Waals surface area (Å²) in [6.07, 6.45) is 3.34. The number of pyridine rings is 1. The molecule has 1 aromatic rings. The second kappa shape index (κ2) is 6.68. The Kier molecular flexibility index (Phi) is 5.23. The monoisotopic (exact) mass is 254 g/mol. The molecule has 0 aliphatic heterocycles. The van der Waals surface area contributed by atoms with Crippen LogP contribution >= 0.6 is 0 Å². The lowest BCUT2D eigenvalue weighted by molar-refractivity contribution is -0.141. The number of nitrogens with zero attached hydrogens (tertiary/aromatic N) is 1. The highest BCUT2D eigenvalue weighted by atomic mass is 19.1. The predicted molar refractivity (Wildman–Crippen MR) is 62.6 cm³/mol. The van der Waals surface area contributed by atoms with E-state index in [0.717, 1.165) is 12.3 Å². The zero-order valence-corrected chi connectivity index (χ0v) is 10.0. The van der Waals surface area contributed by atoms with Crippen molar-refractivity contribution in [2.24, 2.45) is 5.92 Å². The van der Waals surface area contributed by atoms with E-state index in [9.17, 15) is 14.0 Å². The lowest BCUT2D eigenvalue weighted by atomic mass is 10.1. The van der Waals surface area contributed by atoms with E-state index in [-0.39, 0.29) is 5.56 Å². The van der Waals surface area contributed by atoms with E-state index in [1.54, 1.807) is 6.92 Å². The Balaban J connectivity index is 2.32.